The van der Waals surface area contributed by atoms with Crippen LogP contribution in [-0.4, -0.2) is 5.97 Å². The minimum absolute atomic E-state index is 0. The van der Waals surface area contributed by atoms with Crippen LogP contribution in [0.5, 0.6) is 0 Å². The summed E-state index contributed by atoms with van der Waals surface area (Å²) in [6.45, 7) is 1.86. The third kappa shape index (κ3) is 2.42. The zero-order chi connectivity index (χ0) is 6.85. The normalized spacial score (nSPS) is 8.50. The molecule has 0 saturated carbocycles. The van der Waals surface area contributed by atoms with Crippen molar-refractivity contribution in [3.05, 3.63) is 21.9 Å². The molecule has 2 nitrogen and oxygen atoms in total. The van der Waals surface area contributed by atoms with Crippen molar-refractivity contribution in [2.75, 3.05) is 0 Å². The Morgan fingerprint density at radius 3 is 2.50 bits per heavy atom. The number of rotatable bonds is 1. The van der Waals surface area contributed by atoms with Crippen LogP contribution in [0.25, 0.3) is 0 Å². The summed E-state index contributed by atoms with van der Waals surface area (Å²) in [4.78, 5) is 11.1. The van der Waals surface area contributed by atoms with Gasteiger partial charge in [0.25, 0.3) is 0 Å². The van der Waals surface area contributed by atoms with Gasteiger partial charge in [0, 0.05) is 15.8 Å². The third-order valence-electron chi connectivity index (χ3n) is 0.966. The summed E-state index contributed by atoms with van der Waals surface area (Å²) in [5.41, 5.74) is 0.275. The van der Waals surface area contributed by atoms with Crippen LogP contribution in [0, 0.1) is 6.92 Å². The van der Waals surface area contributed by atoms with E-state index in [1.165, 1.54) is 11.3 Å². The second-order valence-corrected chi connectivity index (χ2v) is 2.85. The van der Waals surface area contributed by atoms with Gasteiger partial charge in [0.05, 0.1) is 5.97 Å². The van der Waals surface area contributed by atoms with Gasteiger partial charge in [0.15, 0.2) is 0 Å². The Labute approximate surface area is 85.2 Å². The van der Waals surface area contributed by atoms with Crippen LogP contribution in [0.1, 0.15) is 15.2 Å². The minimum atomic E-state index is -1.10. The predicted octanol–water partition coefficient (Wildman–Crippen LogP) is -2.58. The Morgan fingerprint density at radius 2 is 2.30 bits per heavy atom. The summed E-state index contributed by atoms with van der Waals surface area (Å²) in [6.07, 6.45) is 0. The maximum Gasteiger partial charge on any atom is 1.00 e. The average Bonchev–Trinajstić information content (AvgIpc) is 2.14. The number of aryl methyl sites for hydroxylation is 1. The van der Waals surface area contributed by atoms with Crippen molar-refractivity contribution in [3.63, 3.8) is 0 Å². The number of aromatic carboxylic acids is 1. The monoisotopic (exact) mass is 164 g/mol. The Hall–Kier alpha value is 0.170. The molecule has 0 amide bonds. The van der Waals surface area contributed by atoms with E-state index in [0.29, 0.717) is 0 Å². The molecule has 0 radical (unpaired) electrons. The minimum Gasteiger partial charge on any atom is -0.545 e. The standard InChI is InChI=1S/C6H6O2S.Na/c1-4-2-5(3-9-4)6(7)8;/h2-3H,1H3,(H,7,8);/q;+1/p-1. The van der Waals surface area contributed by atoms with Gasteiger partial charge in [-0.1, -0.05) is 0 Å². The quantitative estimate of drug-likeness (QED) is 0.428. The van der Waals surface area contributed by atoms with E-state index >= 15 is 0 Å². The summed E-state index contributed by atoms with van der Waals surface area (Å²) in [7, 11) is 0. The van der Waals surface area contributed by atoms with Crippen molar-refractivity contribution >= 4 is 17.3 Å². The Kier molecular flexibility index (Phi) is 4.20. The number of carboxylic acids is 1. The molecule has 0 saturated heterocycles. The van der Waals surface area contributed by atoms with E-state index in [1.54, 1.807) is 11.4 Å². The molecule has 0 aliphatic carbocycles. The van der Waals surface area contributed by atoms with E-state index in [0.717, 1.165) is 4.88 Å². The SMILES string of the molecule is Cc1cc(C(=O)[O-])cs1.[Na+]. The first-order chi connectivity index (χ1) is 4.20. The van der Waals surface area contributed by atoms with Gasteiger partial charge >= 0.3 is 29.6 Å². The first kappa shape index (κ1) is 10.2. The number of hydrogen-bond donors (Lipinski definition) is 0. The van der Waals surface area contributed by atoms with Crippen LogP contribution in [-0.2, 0) is 0 Å². The maximum absolute atomic E-state index is 10.1. The summed E-state index contributed by atoms with van der Waals surface area (Å²) >= 11 is 1.41. The fraction of sp³-hybridized carbons (Fsp3) is 0.167. The average molecular weight is 164 g/mol. The molecule has 0 atom stereocenters. The third-order valence-corrected chi connectivity index (χ3v) is 1.83. The van der Waals surface area contributed by atoms with E-state index < -0.39 is 5.97 Å². The molecule has 1 aromatic rings. The summed E-state index contributed by atoms with van der Waals surface area (Å²) in [5.74, 6) is -1.10. The maximum atomic E-state index is 10.1. The zero-order valence-electron chi connectivity index (χ0n) is 5.88. The van der Waals surface area contributed by atoms with Gasteiger partial charge in [0.2, 0.25) is 0 Å². The smallest absolute Gasteiger partial charge is 0.545 e. The molecule has 10 heavy (non-hydrogen) atoms. The van der Waals surface area contributed by atoms with Crippen LogP contribution < -0.4 is 34.7 Å². The van der Waals surface area contributed by atoms with Crippen LogP contribution in [0.3, 0.4) is 0 Å². The number of carbonyl (C=O) groups excluding carboxylic acids is 1. The molecule has 1 heterocycles. The number of thiophene rings is 1. The molecule has 0 aromatic carbocycles. The summed E-state index contributed by atoms with van der Waals surface area (Å²) in [5, 5.41) is 11.7. The van der Waals surface area contributed by atoms with Crippen molar-refractivity contribution in [2.24, 2.45) is 0 Å². The molecular formula is C6H5NaO2S. The van der Waals surface area contributed by atoms with Crippen LogP contribution in [0.2, 0.25) is 0 Å². The molecule has 1 aromatic heterocycles. The van der Waals surface area contributed by atoms with Crippen molar-refractivity contribution in [1.82, 2.24) is 0 Å². The topological polar surface area (TPSA) is 40.1 Å². The van der Waals surface area contributed by atoms with Gasteiger partial charge in [0.1, 0.15) is 0 Å². The number of hydrogen-bond acceptors (Lipinski definition) is 3. The van der Waals surface area contributed by atoms with E-state index in [4.69, 9.17) is 0 Å². The summed E-state index contributed by atoms with van der Waals surface area (Å²) < 4.78 is 0. The molecule has 0 spiro atoms. The van der Waals surface area contributed by atoms with Gasteiger partial charge in [-0.05, 0) is 13.0 Å². The van der Waals surface area contributed by atoms with Gasteiger partial charge < -0.3 is 9.90 Å². The van der Waals surface area contributed by atoms with E-state index in [1.807, 2.05) is 6.92 Å². The van der Waals surface area contributed by atoms with Crippen LogP contribution in [0.15, 0.2) is 11.4 Å². The van der Waals surface area contributed by atoms with E-state index in [2.05, 4.69) is 0 Å². The summed E-state index contributed by atoms with van der Waals surface area (Å²) in [6, 6.07) is 1.60. The van der Waals surface area contributed by atoms with Gasteiger partial charge in [-0.15, -0.1) is 11.3 Å². The molecule has 0 aliphatic rings. The zero-order valence-corrected chi connectivity index (χ0v) is 8.70. The molecular weight excluding hydrogens is 159 g/mol. The van der Waals surface area contributed by atoms with Crippen molar-refractivity contribution < 1.29 is 39.5 Å². The Morgan fingerprint density at radius 1 is 1.70 bits per heavy atom. The fourth-order valence-corrected chi connectivity index (χ4v) is 1.22. The van der Waals surface area contributed by atoms with Gasteiger partial charge in [-0.2, -0.15) is 0 Å². The Balaban J connectivity index is 0.000000810. The molecule has 48 valence electrons. The van der Waals surface area contributed by atoms with Crippen LogP contribution >= 0.6 is 11.3 Å². The first-order valence-corrected chi connectivity index (χ1v) is 3.34. The van der Waals surface area contributed by atoms with Crippen molar-refractivity contribution in [2.45, 2.75) is 6.92 Å². The van der Waals surface area contributed by atoms with E-state index in [9.17, 15) is 9.90 Å². The molecule has 1 rings (SSSR count). The molecule has 0 aliphatic heterocycles. The second kappa shape index (κ2) is 4.13. The first-order valence-electron chi connectivity index (χ1n) is 2.46. The molecule has 0 N–H and O–H groups in total. The van der Waals surface area contributed by atoms with Gasteiger partial charge in [-0.3, -0.25) is 0 Å². The molecule has 4 heteroatoms. The molecule has 0 unspecified atom stereocenters. The van der Waals surface area contributed by atoms with E-state index in [-0.39, 0.29) is 35.1 Å². The molecule has 0 fully saturated rings. The number of carboxylic acid groups (broad SMARTS) is 1. The molecule has 0 bridgehead atoms. The Bertz CT molecular complexity index is 231. The second-order valence-electron chi connectivity index (χ2n) is 1.73. The largest absolute Gasteiger partial charge is 1.00 e. The number of carbonyl (C=O) groups is 1. The fourth-order valence-electron chi connectivity index (χ4n) is 0.550. The van der Waals surface area contributed by atoms with Crippen molar-refractivity contribution in [3.8, 4) is 0 Å². The van der Waals surface area contributed by atoms with Crippen LogP contribution in [0.4, 0.5) is 0 Å². The predicted molar refractivity (Wildman–Crippen MR) is 33.4 cm³/mol. The van der Waals surface area contributed by atoms with Gasteiger partial charge in [-0.25, -0.2) is 0 Å². The van der Waals surface area contributed by atoms with Crippen molar-refractivity contribution in [1.29, 1.82) is 0 Å².